The van der Waals surface area contributed by atoms with Gasteiger partial charge in [0.1, 0.15) is 17.4 Å². The third-order valence-electron chi connectivity index (χ3n) is 4.86. The van der Waals surface area contributed by atoms with Crippen molar-refractivity contribution in [3.05, 3.63) is 29.2 Å². The highest BCUT2D eigenvalue weighted by Crippen LogP contribution is 2.37. The van der Waals surface area contributed by atoms with Crippen LogP contribution < -0.4 is 10.5 Å². The first-order valence-electron chi connectivity index (χ1n) is 8.57. The van der Waals surface area contributed by atoms with Crippen molar-refractivity contribution in [2.75, 3.05) is 13.1 Å². The number of likely N-dealkylation sites (tertiary alicyclic amines) is 1. The van der Waals surface area contributed by atoms with Gasteiger partial charge >= 0.3 is 0 Å². The first-order chi connectivity index (χ1) is 12.2. The second-order valence-electron chi connectivity index (χ2n) is 7.59. The van der Waals surface area contributed by atoms with E-state index < -0.39 is 17.6 Å². The Morgan fingerprint density at radius 1 is 1.35 bits per heavy atom. The van der Waals surface area contributed by atoms with Gasteiger partial charge in [-0.3, -0.25) is 4.79 Å². The number of nitrogens with two attached hydrogens (primary N) is 1. The molecule has 1 saturated heterocycles. The summed E-state index contributed by atoms with van der Waals surface area (Å²) < 4.78 is 19.0. The van der Waals surface area contributed by atoms with E-state index >= 15 is 0 Å². The first kappa shape index (κ1) is 17.4. The van der Waals surface area contributed by atoms with Crippen molar-refractivity contribution >= 4 is 28.3 Å². The fraction of sp³-hybridized carbons (Fsp3) is 0.500. The van der Waals surface area contributed by atoms with Gasteiger partial charge in [0.05, 0.1) is 24.4 Å². The maximum atomic E-state index is 13.0. The third kappa shape index (κ3) is 3.10. The van der Waals surface area contributed by atoms with Crippen molar-refractivity contribution in [2.24, 2.45) is 11.7 Å². The monoisotopic (exact) mass is 378 g/mol. The Morgan fingerprint density at radius 3 is 2.65 bits per heavy atom. The lowest BCUT2D eigenvalue weighted by atomic mass is 9.93. The summed E-state index contributed by atoms with van der Waals surface area (Å²) in [5, 5.41) is 1.93. The Bertz CT molecular complexity index is 879. The van der Waals surface area contributed by atoms with Gasteiger partial charge in [0, 0.05) is 17.9 Å². The van der Waals surface area contributed by atoms with Crippen molar-refractivity contribution in [3.8, 4) is 5.88 Å². The van der Waals surface area contributed by atoms with Crippen LogP contribution in [0.2, 0.25) is 5.15 Å². The lowest BCUT2D eigenvalue weighted by Crippen LogP contribution is -2.56. The summed E-state index contributed by atoms with van der Waals surface area (Å²) >= 11 is 6.05. The highest BCUT2D eigenvalue weighted by Gasteiger charge is 2.48. The van der Waals surface area contributed by atoms with E-state index in [-0.39, 0.29) is 12.0 Å². The predicted molar refractivity (Wildman–Crippen MR) is 95.8 cm³/mol. The number of pyridine rings is 2. The molecule has 2 atom stereocenters. The van der Waals surface area contributed by atoms with Crippen molar-refractivity contribution in [2.45, 2.75) is 38.1 Å². The quantitative estimate of drug-likeness (QED) is 0.826. The molecule has 138 valence electrons. The van der Waals surface area contributed by atoms with Crippen LogP contribution in [-0.4, -0.2) is 46.1 Å². The Kier molecular flexibility index (Phi) is 4.04. The zero-order valence-corrected chi connectivity index (χ0v) is 15.3. The highest BCUT2D eigenvalue weighted by atomic mass is 35.5. The minimum Gasteiger partial charge on any atom is -0.470 e. The summed E-state index contributed by atoms with van der Waals surface area (Å²) in [5.41, 5.74) is 6.49. The molecule has 1 amide bonds. The summed E-state index contributed by atoms with van der Waals surface area (Å²) in [7, 11) is 0. The summed E-state index contributed by atoms with van der Waals surface area (Å²) in [6, 6.07) is 1.75. The van der Waals surface area contributed by atoms with Crippen LogP contribution >= 0.6 is 11.6 Å². The molecule has 2 aromatic rings. The SMILES string of the molecule is CC(C)(N)c1cnc(OC2CN(C(=O)C3CC3F)C2)c2cnc(Cl)cc12. The average Bonchev–Trinajstić information content (AvgIpc) is 3.25. The van der Waals surface area contributed by atoms with Crippen molar-refractivity contribution in [1.29, 1.82) is 0 Å². The number of carbonyl (C=O) groups excluding carboxylic acids is 1. The van der Waals surface area contributed by atoms with Gasteiger partial charge in [0.2, 0.25) is 11.8 Å². The molecule has 2 fully saturated rings. The molecule has 1 aliphatic carbocycles. The van der Waals surface area contributed by atoms with E-state index in [0.717, 1.165) is 16.3 Å². The minimum absolute atomic E-state index is 0.121. The Balaban J connectivity index is 1.54. The van der Waals surface area contributed by atoms with Gasteiger partial charge in [-0.05, 0) is 37.3 Å². The normalized spacial score (nSPS) is 23.0. The molecule has 6 nitrogen and oxygen atoms in total. The number of rotatable bonds is 4. The topological polar surface area (TPSA) is 81.3 Å². The summed E-state index contributed by atoms with van der Waals surface area (Å²) in [4.78, 5) is 22.1. The second-order valence-corrected chi connectivity index (χ2v) is 7.98. The maximum absolute atomic E-state index is 13.0. The summed E-state index contributed by atoms with van der Waals surface area (Å²) in [6.07, 6.45) is 2.51. The van der Waals surface area contributed by atoms with E-state index in [9.17, 15) is 9.18 Å². The summed E-state index contributed by atoms with van der Waals surface area (Å²) in [6.45, 7) is 4.67. The van der Waals surface area contributed by atoms with Gasteiger partial charge in [-0.25, -0.2) is 14.4 Å². The number of hydrogen-bond donors (Lipinski definition) is 1. The Labute approximate surface area is 155 Å². The lowest BCUT2D eigenvalue weighted by molar-refractivity contribution is -0.141. The van der Waals surface area contributed by atoms with Crippen LogP contribution in [0.3, 0.4) is 0 Å². The predicted octanol–water partition coefficient (Wildman–Crippen LogP) is 2.42. The zero-order valence-electron chi connectivity index (χ0n) is 14.6. The van der Waals surface area contributed by atoms with Crippen LogP contribution in [0.25, 0.3) is 10.8 Å². The molecule has 0 bridgehead atoms. The number of nitrogens with zero attached hydrogens (tertiary/aromatic N) is 3. The number of ether oxygens (including phenoxy) is 1. The Morgan fingerprint density at radius 2 is 2.04 bits per heavy atom. The standard InChI is InChI=1S/C18H20ClFN4O2/c1-18(2,21)13-6-23-16(12-5-22-15(19)4-10(12)13)26-9-7-24(8-9)17(25)11-3-14(11)20/h4-6,9,11,14H,3,7-8,21H2,1-2H3. The van der Waals surface area contributed by atoms with Crippen LogP contribution in [-0.2, 0) is 10.3 Å². The van der Waals surface area contributed by atoms with Crippen molar-refractivity contribution in [3.63, 3.8) is 0 Å². The first-order valence-corrected chi connectivity index (χ1v) is 8.95. The van der Waals surface area contributed by atoms with Crippen LogP contribution in [0.15, 0.2) is 18.5 Å². The van der Waals surface area contributed by atoms with E-state index in [0.29, 0.717) is 30.5 Å². The van der Waals surface area contributed by atoms with Crippen LogP contribution in [0.4, 0.5) is 4.39 Å². The largest absolute Gasteiger partial charge is 0.470 e. The van der Waals surface area contributed by atoms with Gasteiger partial charge in [-0.15, -0.1) is 0 Å². The summed E-state index contributed by atoms with van der Waals surface area (Å²) in [5.74, 6) is -0.139. The van der Waals surface area contributed by atoms with Gasteiger partial charge in [-0.2, -0.15) is 0 Å². The van der Waals surface area contributed by atoms with Gasteiger partial charge in [0.25, 0.3) is 0 Å². The number of halogens is 2. The number of alkyl halides is 1. The number of carbonyl (C=O) groups is 1. The van der Waals surface area contributed by atoms with Crippen LogP contribution in [0, 0.1) is 5.92 Å². The van der Waals surface area contributed by atoms with Gasteiger partial charge in [0.15, 0.2) is 0 Å². The molecule has 2 aliphatic rings. The van der Waals surface area contributed by atoms with E-state index in [1.165, 1.54) is 0 Å². The smallest absolute Gasteiger partial charge is 0.228 e. The molecule has 0 aromatic carbocycles. The zero-order chi connectivity index (χ0) is 18.6. The van der Waals surface area contributed by atoms with Crippen LogP contribution in [0.5, 0.6) is 5.88 Å². The minimum atomic E-state index is -0.976. The molecular weight excluding hydrogens is 359 g/mol. The number of fused-ring (bicyclic) bond motifs is 1. The second kappa shape index (κ2) is 6.03. The molecule has 0 radical (unpaired) electrons. The molecule has 1 aliphatic heterocycles. The van der Waals surface area contributed by atoms with Crippen molar-refractivity contribution < 1.29 is 13.9 Å². The van der Waals surface area contributed by atoms with E-state index in [2.05, 4.69) is 9.97 Å². The molecule has 2 N–H and O–H groups in total. The molecular formula is C18H20ClFN4O2. The van der Waals surface area contributed by atoms with E-state index in [1.807, 2.05) is 13.8 Å². The number of hydrogen-bond acceptors (Lipinski definition) is 5. The molecule has 4 rings (SSSR count). The number of amides is 1. The van der Waals surface area contributed by atoms with Gasteiger partial charge < -0.3 is 15.4 Å². The Hall–Kier alpha value is -1.99. The van der Waals surface area contributed by atoms with Gasteiger partial charge in [-0.1, -0.05) is 11.6 Å². The fourth-order valence-corrected chi connectivity index (χ4v) is 3.36. The molecule has 8 heteroatoms. The van der Waals surface area contributed by atoms with E-state index in [4.69, 9.17) is 22.1 Å². The average molecular weight is 379 g/mol. The third-order valence-corrected chi connectivity index (χ3v) is 5.07. The molecule has 1 saturated carbocycles. The van der Waals surface area contributed by atoms with E-state index in [1.54, 1.807) is 23.4 Å². The highest BCUT2D eigenvalue weighted by molar-refractivity contribution is 6.30. The molecule has 0 spiro atoms. The lowest BCUT2D eigenvalue weighted by Gasteiger charge is -2.39. The molecule has 2 aromatic heterocycles. The van der Waals surface area contributed by atoms with Crippen molar-refractivity contribution in [1.82, 2.24) is 14.9 Å². The molecule has 3 heterocycles. The van der Waals surface area contributed by atoms with Crippen LogP contribution in [0.1, 0.15) is 25.8 Å². The maximum Gasteiger partial charge on any atom is 0.228 e. The number of aromatic nitrogens is 2. The molecule has 2 unspecified atom stereocenters. The molecule has 26 heavy (non-hydrogen) atoms. The fourth-order valence-electron chi connectivity index (χ4n) is 3.20.